The topological polar surface area (TPSA) is 89.0 Å². The predicted molar refractivity (Wildman–Crippen MR) is 105 cm³/mol. The summed E-state index contributed by atoms with van der Waals surface area (Å²) < 4.78 is 81.3. The zero-order chi connectivity index (χ0) is 24.1. The van der Waals surface area contributed by atoms with Crippen molar-refractivity contribution in [3.8, 4) is 5.75 Å². The van der Waals surface area contributed by atoms with E-state index in [0.29, 0.717) is 0 Å². The van der Waals surface area contributed by atoms with Gasteiger partial charge < -0.3 is 15.4 Å². The molecular weight excluding hydrogens is 456 g/mol. The van der Waals surface area contributed by atoms with Gasteiger partial charge in [0, 0.05) is 25.0 Å². The minimum atomic E-state index is -4.58. The summed E-state index contributed by atoms with van der Waals surface area (Å²) in [6, 6.07) is 7.30. The number of pyridine rings is 1. The molecule has 2 aromatic heterocycles. The number of carbonyl (C=O) groups is 1. The molecule has 0 radical (unpaired) electrons. The van der Waals surface area contributed by atoms with Crippen LogP contribution in [0.5, 0.6) is 5.75 Å². The maximum atomic E-state index is 13.1. The van der Waals surface area contributed by atoms with Crippen molar-refractivity contribution < 1.29 is 35.9 Å². The number of carbonyl (C=O) groups excluding carboxylic acids is 1. The van der Waals surface area contributed by atoms with Crippen LogP contribution in [0.3, 0.4) is 0 Å². The number of hydrogen-bond donors (Lipinski definition) is 2. The molecule has 1 aromatic carbocycles. The number of nitrogens with zero attached hydrogens (tertiary/aromatic N) is 3. The zero-order valence-corrected chi connectivity index (χ0v) is 16.5. The highest BCUT2D eigenvalue weighted by Gasteiger charge is 2.32. The van der Waals surface area contributed by atoms with Gasteiger partial charge in [0.2, 0.25) is 5.95 Å². The van der Waals surface area contributed by atoms with Crippen molar-refractivity contribution in [1.29, 1.82) is 0 Å². The predicted octanol–water partition coefficient (Wildman–Crippen LogP) is 4.70. The smallest absolute Gasteiger partial charge is 0.422 e. The van der Waals surface area contributed by atoms with E-state index in [1.54, 1.807) is 0 Å². The fourth-order valence-corrected chi connectivity index (χ4v) is 2.64. The van der Waals surface area contributed by atoms with E-state index in [2.05, 4.69) is 30.3 Å². The van der Waals surface area contributed by atoms with Crippen molar-refractivity contribution >= 4 is 17.5 Å². The molecule has 0 spiro atoms. The quantitative estimate of drug-likeness (QED) is 0.486. The molecule has 0 saturated carbocycles. The number of amides is 1. The largest absolute Gasteiger partial charge is 0.482 e. The van der Waals surface area contributed by atoms with Gasteiger partial charge in [-0.05, 0) is 17.7 Å². The molecule has 0 aliphatic rings. The summed E-state index contributed by atoms with van der Waals surface area (Å²) in [6.07, 6.45) is -5.64. The molecule has 3 rings (SSSR count). The number of aromatic nitrogens is 3. The van der Waals surface area contributed by atoms with Crippen LogP contribution in [0.4, 0.5) is 38.0 Å². The van der Waals surface area contributed by atoms with Gasteiger partial charge in [-0.2, -0.15) is 26.3 Å². The molecule has 0 fully saturated rings. The monoisotopic (exact) mass is 471 g/mol. The second-order valence-electron chi connectivity index (χ2n) is 6.50. The van der Waals surface area contributed by atoms with Crippen LogP contribution in [-0.4, -0.2) is 33.6 Å². The summed E-state index contributed by atoms with van der Waals surface area (Å²) in [4.78, 5) is 24.0. The highest BCUT2D eigenvalue weighted by atomic mass is 19.4. The lowest BCUT2D eigenvalue weighted by Crippen LogP contribution is -2.21. The Morgan fingerprint density at radius 1 is 1.00 bits per heavy atom. The van der Waals surface area contributed by atoms with Gasteiger partial charge in [0.15, 0.2) is 6.61 Å². The van der Waals surface area contributed by atoms with Crippen LogP contribution in [0.25, 0.3) is 0 Å². The van der Waals surface area contributed by atoms with E-state index in [9.17, 15) is 31.1 Å². The van der Waals surface area contributed by atoms with E-state index in [1.807, 2.05) is 0 Å². The van der Waals surface area contributed by atoms with Crippen LogP contribution in [0.1, 0.15) is 21.6 Å². The van der Waals surface area contributed by atoms with Crippen LogP contribution < -0.4 is 15.4 Å². The van der Waals surface area contributed by atoms with Gasteiger partial charge in [0.1, 0.15) is 17.1 Å². The van der Waals surface area contributed by atoms with E-state index in [1.165, 1.54) is 36.7 Å². The Hall–Kier alpha value is -3.90. The maximum Gasteiger partial charge on any atom is 0.422 e. The number of benzene rings is 1. The lowest BCUT2D eigenvalue weighted by molar-refractivity contribution is -0.153. The van der Waals surface area contributed by atoms with E-state index in [0.717, 1.165) is 18.3 Å². The van der Waals surface area contributed by atoms with Crippen LogP contribution in [0, 0.1) is 0 Å². The van der Waals surface area contributed by atoms with Crippen LogP contribution in [0.15, 0.2) is 55.0 Å². The lowest BCUT2D eigenvalue weighted by atomic mass is 10.1. The Kier molecular flexibility index (Phi) is 6.99. The van der Waals surface area contributed by atoms with Crippen molar-refractivity contribution in [2.24, 2.45) is 0 Å². The molecule has 33 heavy (non-hydrogen) atoms. The van der Waals surface area contributed by atoms with Crippen molar-refractivity contribution in [3.63, 3.8) is 0 Å². The maximum absolute atomic E-state index is 13.1. The Labute approximate surface area is 182 Å². The third kappa shape index (κ3) is 6.79. The summed E-state index contributed by atoms with van der Waals surface area (Å²) in [5, 5.41) is 4.95. The van der Waals surface area contributed by atoms with Gasteiger partial charge in [0.05, 0.1) is 11.8 Å². The molecule has 1 amide bonds. The molecule has 13 heteroatoms. The Bertz CT molecular complexity index is 1120. The number of ether oxygens (including phenoxy) is 1. The first-order valence-corrected chi connectivity index (χ1v) is 9.20. The number of nitrogens with one attached hydrogen (secondary N) is 2. The number of alkyl halides is 6. The molecule has 0 saturated heterocycles. The van der Waals surface area contributed by atoms with Crippen molar-refractivity contribution in [3.05, 3.63) is 71.8 Å². The number of rotatable bonds is 7. The van der Waals surface area contributed by atoms with Crippen LogP contribution >= 0.6 is 0 Å². The Balaban J connectivity index is 1.70. The van der Waals surface area contributed by atoms with Gasteiger partial charge in [-0.15, -0.1) is 0 Å². The average molecular weight is 471 g/mol. The van der Waals surface area contributed by atoms with Crippen molar-refractivity contribution in [1.82, 2.24) is 15.0 Å². The summed E-state index contributed by atoms with van der Waals surface area (Å²) in [5.74, 6) is -1.20. The summed E-state index contributed by atoms with van der Waals surface area (Å²) in [7, 11) is 0. The summed E-state index contributed by atoms with van der Waals surface area (Å²) in [6.45, 7) is -1.83. The van der Waals surface area contributed by atoms with E-state index in [-0.39, 0.29) is 35.2 Å². The van der Waals surface area contributed by atoms with Crippen molar-refractivity contribution in [2.45, 2.75) is 18.9 Å². The van der Waals surface area contributed by atoms with Gasteiger partial charge in [0.25, 0.3) is 5.91 Å². The van der Waals surface area contributed by atoms with E-state index in [4.69, 9.17) is 0 Å². The minimum absolute atomic E-state index is 0.0507. The first-order valence-electron chi connectivity index (χ1n) is 9.20. The van der Waals surface area contributed by atoms with E-state index >= 15 is 0 Å². The van der Waals surface area contributed by atoms with Gasteiger partial charge in [-0.3, -0.25) is 9.78 Å². The van der Waals surface area contributed by atoms with E-state index < -0.39 is 30.4 Å². The average Bonchev–Trinajstić information content (AvgIpc) is 2.76. The Morgan fingerprint density at radius 3 is 2.48 bits per heavy atom. The molecule has 174 valence electrons. The van der Waals surface area contributed by atoms with Gasteiger partial charge in [-0.25, -0.2) is 9.97 Å². The third-order valence-electron chi connectivity index (χ3n) is 4.07. The van der Waals surface area contributed by atoms with Gasteiger partial charge in [-0.1, -0.05) is 18.2 Å². The third-order valence-corrected chi connectivity index (χ3v) is 4.07. The second kappa shape index (κ2) is 9.71. The van der Waals surface area contributed by atoms with Crippen LogP contribution in [-0.2, 0) is 12.7 Å². The zero-order valence-electron chi connectivity index (χ0n) is 16.5. The number of hydrogen-bond acceptors (Lipinski definition) is 6. The molecule has 2 heterocycles. The molecule has 3 aromatic rings. The number of anilines is 2. The first kappa shape index (κ1) is 23.8. The molecule has 0 aliphatic carbocycles. The molecule has 0 unspecified atom stereocenters. The standard InChI is InChI=1S/C20H15F6N5O2/c21-19(22,23)11-33-16-6-7-27-10-15(16)30-17(32)14-5-8-28-18(31-14)29-9-12-3-1-2-4-13(12)20(24,25)26/h1-8,10H,9,11H2,(H,30,32)(H,28,29,31). The first-order chi connectivity index (χ1) is 15.5. The number of halogens is 6. The molecule has 0 bridgehead atoms. The highest BCUT2D eigenvalue weighted by Crippen LogP contribution is 2.32. The summed E-state index contributed by atoms with van der Waals surface area (Å²) >= 11 is 0. The molecule has 7 nitrogen and oxygen atoms in total. The summed E-state index contributed by atoms with van der Waals surface area (Å²) in [5.41, 5.74) is -1.19. The highest BCUT2D eigenvalue weighted by molar-refractivity contribution is 6.03. The lowest BCUT2D eigenvalue weighted by Gasteiger charge is -2.14. The normalized spacial score (nSPS) is 11.7. The fraction of sp³-hybridized carbons (Fsp3) is 0.200. The molecule has 0 aliphatic heterocycles. The fourth-order valence-electron chi connectivity index (χ4n) is 2.64. The minimum Gasteiger partial charge on any atom is -0.482 e. The van der Waals surface area contributed by atoms with Gasteiger partial charge >= 0.3 is 12.4 Å². The SMILES string of the molecule is O=C(Nc1cnccc1OCC(F)(F)F)c1ccnc(NCc2ccccc2C(F)(F)F)n1. The van der Waals surface area contributed by atoms with Crippen molar-refractivity contribution in [2.75, 3.05) is 17.2 Å². The molecular formula is C20H15F6N5O2. The Morgan fingerprint density at radius 2 is 1.76 bits per heavy atom. The molecule has 0 atom stereocenters. The van der Waals surface area contributed by atoms with Crippen LogP contribution in [0.2, 0.25) is 0 Å². The molecule has 2 N–H and O–H groups in total. The second-order valence-corrected chi connectivity index (χ2v) is 6.50.